The zero-order chi connectivity index (χ0) is 20.4. The van der Waals surface area contributed by atoms with Crippen molar-refractivity contribution in [3.05, 3.63) is 82.2 Å². The molecule has 1 aliphatic rings. The number of fused-ring (bicyclic) bond motifs is 1. The first-order valence-electron chi connectivity index (χ1n) is 10.1. The Morgan fingerprint density at radius 1 is 1.17 bits per heavy atom. The lowest BCUT2D eigenvalue weighted by molar-refractivity contribution is 0.0600. The van der Waals surface area contributed by atoms with Gasteiger partial charge in [0.2, 0.25) is 0 Å². The molecule has 4 rings (SSSR count). The van der Waals surface area contributed by atoms with Crippen LogP contribution in [0.15, 0.2) is 48.7 Å². The first-order valence-corrected chi connectivity index (χ1v) is 10.1. The normalized spacial score (nSPS) is 15.8. The van der Waals surface area contributed by atoms with E-state index in [4.69, 9.17) is 9.84 Å². The van der Waals surface area contributed by atoms with Crippen LogP contribution in [0.4, 0.5) is 0 Å². The number of hydrogen-bond acceptors (Lipinski definition) is 4. The van der Waals surface area contributed by atoms with Gasteiger partial charge in [0.1, 0.15) is 0 Å². The lowest BCUT2D eigenvalue weighted by Gasteiger charge is -2.24. The smallest absolute Gasteiger partial charge is 0.337 e. The molecule has 0 radical (unpaired) electrons. The number of carbonyl (C=O) groups is 1. The highest BCUT2D eigenvalue weighted by molar-refractivity contribution is 5.89. The number of aromatic nitrogens is 2. The Bertz CT molecular complexity index is 1000. The highest BCUT2D eigenvalue weighted by atomic mass is 16.5. The number of aryl methyl sites for hydroxylation is 2. The summed E-state index contributed by atoms with van der Waals surface area (Å²) in [6.45, 7) is 5.00. The summed E-state index contributed by atoms with van der Waals surface area (Å²) in [5, 5.41) is 8.40. The highest BCUT2D eigenvalue weighted by Crippen LogP contribution is 2.31. The van der Waals surface area contributed by atoms with Gasteiger partial charge in [-0.05, 0) is 74.1 Å². The maximum absolute atomic E-state index is 11.6. The summed E-state index contributed by atoms with van der Waals surface area (Å²) in [6.07, 6.45) is 5.31. The van der Waals surface area contributed by atoms with Crippen LogP contribution in [0.25, 0.3) is 5.69 Å². The zero-order valence-electron chi connectivity index (χ0n) is 17.2. The molecular formula is C24H27N3O2. The van der Waals surface area contributed by atoms with Gasteiger partial charge in [0.25, 0.3) is 0 Å². The molecule has 5 nitrogen and oxygen atoms in total. The van der Waals surface area contributed by atoms with Crippen molar-refractivity contribution in [2.24, 2.45) is 0 Å². The molecule has 0 saturated heterocycles. The van der Waals surface area contributed by atoms with Crippen molar-refractivity contribution in [3.63, 3.8) is 0 Å². The molecule has 0 spiro atoms. The van der Waals surface area contributed by atoms with Crippen LogP contribution in [0.1, 0.15) is 57.2 Å². The molecule has 0 aliphatic heterocycles. The summed E-state index contributed by atoms with van der Waals surface area (Å²) < 4.78 is 6.87. The summed E-state index contributed by atoms with van der Waals surface area (Å²) in [4.78, 5) is 11.6. The van der Waals surface area contributed by atoms with E-state index in [1.807, 2.05) is 30.5 Å². The molecule has 0 amide bonds. The van der Waals surface area contributed by atoms with Gasteiger partial charge >= 0.3 is 5.97 Å². The molecule has 0 saturated carbocycles. The number of hydrogen-bond donors (Lipinski definition) is 1. The maximum atomic E-state index is 11.6. The quantitative estimate of drug-likeness (QED) is 0.656. The number of carbonyl (C=O) groups excluding carboxylic acids is 1. The van der Waals surface area contributed by atoms with Crippen molar-refractivity contribution in [2.45, 2.75) is 45.7 Å². The van der Waals surface area contributed by atoms with Gasteiger partial charge in [0, 0.05) is 23.8 Å². The van der Waals surface area contributed by atoms with Crippen LogP contribution in [0.2, 0.25) is 0 Å². The van der Waals surface area contributed by atoms with E-state index in [1.54, 1.807) is 0 Å². The third kappa shape index (κ3) is 4.10. The Balaban J connectivity index is 1.51. The molecule has 1 heterocycles. The Hall–Kier alpha value is -2.92. The van der Waals surface area contributed by atoms with E-state index in [1.165, 1.54) is 29.5 Å². The summed E-state index contributed by atoms with van der Waals surface area (Å²) in [5.41, 5.74) is 7.97. The van der Waals surface area contributed by atoms with E-state index < -0.39 is 0 Å². The number of nitrogens with one attached hydrogen (secondary N) is 1. The molecule has 0 fully saturated rings. The number of methoxy groups -OCH3 is 1. The SMILES string of the molecule is COC(=O)c1ccc(CNC2CCCc3c2cnn3-c2cc(C)cc(C)c2)cc1. The van der Waals surface area contributed by atoms with Crippen LogP contribution in [0, 0.1) is 13.8 Å². The molecule has 29 heavy (non-hydrogen) atoms. The van der Waals surface area contributed by atoms with Gasteiger partial charge in [-0.3, -0.25) is 0 Å². The summed E-state index contributed by atoms with van der Waals surface area (Å²) in [5.74, 6) is -0.305. The fourth-order valence-electron chi connectivity index (χ4n) is 4.18. The summed E-state index contributed by atoms with van der Waals surface area (Å²) >= 11 is 0. The Morgan fingerprint density at radius 2 is 1.90 bits per heavy atom. The van der Waals surface area contributed by atoms with Gasteiger partial charge in [0.15, 0.2) is 0 Å². The molecule has 5 heteroatoms. The summed E-state index contributed by atoms with van der Waals surface area (Å²) in [7, 11) is 1.40. The standard InChI is InChI=1S/C24H27N3O2/c1-16-11-17(2)13-20(12-16)27-23-6-4-5-22(21(23)15-26-27)25-14-18-7-9-19(10-8-18)24(28)29-3/h7-13,15,22,25H,4-6,14H2,1-3H3. The van der Waals surface area contributed by atoms with E-state index in [0.29, 0.717) is 11.6 Å². The van der Waals surface area contributed by atoms with Gasteiger partial charge in [-0.15, -0.1) is 0 Å². The molecule has 150 valence electrons. The average molecular weight is 389 g/mol. The summed E-state index contributed by atoms with van der Waals surface area (Å²) in [6, 6.07) is 14.4. The van der Waals surface area contributed by atoms with Crippen LogP contribution in [0.3, 0.4) is 0 Å². The third-order valence-electron chi connectivity index (χ3n) is 5.56. The topological polar surface area (TPSA) is 56.1 Å². The number of nitrogens with zero attached hydrogens (tertiary/aromatic N) is 2. The zero-order valence-corrected chi connectivity index (χ0v) is 17.2. The first kappa shape index (κ1) is 19.4. The number of rotatable bonds is 5. The first-order chi connectivity index (χ1) is 14.0. The van der Waals surface area contributed by atoms with Crippen LogP contribution < -0.4 is 5.32 Å². The Morgan fingerprint density at radius 3 is 2.59 bits per heavy atom. The molecular weight excluding hydrogens is 362 g/mol. The second-order valence-corrected chi connectivity index (χ2v) is 7.82. The number of ether oxygens (including phenoxy) is 1. The monoisotopic (exact) mass is 389 g/mol. The van der Waals surface area contributed by atoms with Crippen molar-refractivity contribution in [1.82, 2.24) is 15.1 Å². The molecule has 1 unspecified atom stereocenters. The predicted molar refractivity (Wildman–Crippen MR) is 113 cm³/mol. The fourth-order valence-corrected chi connectivity index (χ4v) is 4.18. The van der Waals surface area contributed by atoms with Gasteiger partial charge in [-0.2, -0.15) is 5.10 Å². The average Bonchev–Trinajstić information content (AvgIpc) is 3.16. The maximum Gasteiger partial charge on any atom is 0.337 e. The minimum absolute atomic E-state index is 0.290. The fraction of sp³-hybridized carbons (Fsp3) is 0.333. The predicted octanol–water partition coefficient (Wildman–Crippen LogP) is 4.44. The van der Waals surface area contributed by atoms with Crippen LogP contribution >= 0.6 is 0 Å². The van der Waals surface area contributed by atoms with E-state index in [0.717, 1.165) is 37.1 Å². The second-order valence-electron chi connectivity index (χ2n) is 7.82. The number of benzene rings is 2. The van der Waals surface area contributed by atoms with Crippen molar-refractivity contribution in [2.75, 3.05) is 7.11 Å². The lowest BCUT2D eigenvalue weighted by atomic mass is 9.92. The molecule has 3 aromatic rings. The van der Waals surface area contributed by atoms with E-state index in [-0.39, 0.29) is 5.97 Å². The van der Waals surface area contributed by atoms with Crippen molar-refractivity contribution < 1.29 is 9.53 Å². The minimum Gasteiger partial charge on any atom is -0.465 e. The van der Waals surface area contributed by atoms with Crippen molar-refractivity contribution >= 4 is 5.97 Å². The molecule has 1 N–H and O–H groups in total. The Labute approximate surface area is 171 Å². The molecule has 1 aliphatic carbocycles. The van der Waals surface area contributed by atoms with E-state index in [9.17, 15) is 4.79 Å². The molecule has 1 aromatic heterocycles. The Kier molecular flexibility index (Phi) is 5.49. The molecule has 0 bridgehead atoms. The minimum atomic E-state index is -0.305. The molecule has 2 aromatic carbocycles. The van der Waals surface area contributed by atoms with Gasteiger partial charge < -0.3 is 10.1 Å². The van der Waals surface area contributed by atoms with Crippen LogP contribution in [0.5, 0.6) is 0 Å². The van der Waals surface area contributed by atoms with Gasteiger partial charge in [-0.25, -0.2) is 9.48 Å². The number of esters is 1. The van der Waals surface area contributed by atoms with E-state index in [2.05, 4.69) is 42.0 Å². The van der Waals surface area contributed by atoms with Crippen LogP contribution in [-0.2, 0) is 17.7 Å². The second kappa shape index (κ2) is 8.21. The lowest BCUT2D eigenvalue weighted by Crippen LogP contribution is -2.25. The largest absolute Gasteiger partial charge is 0.465 e. The van der Waals surface area contributed by atoms with Gasteiger partial charge in [0.05, 0.1) is 24.6 Å². The molecule has 1 atom stereocenters. The third-order valence-corrected chi connectivity index (χ3v) is 5.56. The van der Waals surface area contributed by atoms with E-state index >= 15 is 0 Å². The van der Waals surface area contributed by atoms with Crippen LogP contribution in [-0.4, -0.2) is 22.9 Å². The highest BCUT2D eigenvalue weighted by Gasteiger charge is 2.24. The van der Waals surface area contributed by atoms with Crippen molar-refractivity contribution in [3.8, 4) is 5.69 Å². The van der Waals surface area contributed by atoms with Crippen molar-refractivity contribution in [1.29, 1.82) is 0 Å². The van der Waals surface area contributed by atoms with Gasteiger partial charge in [-0.1, -0.05) is 18.2 Å².